The summed E-state index contributed by atoms with van der Waals surface area (Å²) in [7, 11) is 0. The summed E-state index contributed by atoms with van der Waals surface area (Å²) in [6, 6.07) is 3.21. The highest BCUT2D eigenvalue weighted by Crippen LogP contribution is 2.36. The number of nitrogens with two attached hydrogens (primary N) is 1. The molecule has 0 aromatic heterocycles. The molecule has 5 atom stereocenters. The van der Waals surface area contributed by atoms with Gasteiger partial charge in [0.2, 0.25) is 0 Å². The maximum atomic E-state index is 12.6. The molecule has 0 spiro atoms. The zero-order valence-electron chi connectivity index (χ0n) is 22.2. The lowest BCUT2D eigenvalue weighted by molar-refractivity contribution is -0.145. The molecule has 1 rings (SSSR count). The maximum absolute atomic E-state index is 12.6. The smallest absolute Gasteiger partial charge is 0.321 e. The van der Waals surface area contributed by atoms with Crippen LogP contribution in [0.3, 0.4) is 0 Å². The summed E-state index contributed by atoms with van der Waals surface area (Å²) < 4.78 is 16.4. The van der Waals surface area contributed by atoms with Gasteiger partial charge >= 0.3 is 23.9 Å². The molecule has 0 heterocycles. The van der Waals surface area contributed by atoms with Crippen molar-refractivity contribution in [1.29, 1.82) is 0 Å². The first-order valence-electron chi connectivity index (χ1n) is 12.7. The van der Waals surface area contributed by atoms with Gasteiger partial charge in [0.05, 0.1) is 18.4 Å². The van der Waals surface area contributed by atoms with Crippen molar-refractivity contribution in [1.82, 2.24) is 0 Å². The summed E-state index contributed by atoms with van der Waals surface area (Å²) in [6.07, 6.45) is 2.96. The zero-order valence-corrected chi connectivity index (χ0v) is 22.2. The van der Waals surface area contributed by atoms with Crippen molar-refractivity contribution in [2.75, 3.05) is 6.61 Å². The summed E-state index contributed by atoms with van der Waals surface area (Å²) in [5.41, 5.74) is 6.50. The number of carbonyl (C=O) groups excluding carboxylic acids is 3. The minimum Gasteiger partial charge on any atom is -0.480 e. The molecule has 0 fully saturated rings. The summed E-state index contributed by atoms with van der Waals surface area (Å²) in [5.74, 6) is -4.51. The van der Waals surface area contributed by atoms with Gasteiger partial charge in [-0.2, -0.15) is 0 Å². The van der Waals surface area contributed by atoms with Crippen molar-refractivity contribution in [2.45, 2.75) is 85.6 Å². The first-order valence-corrected chi connectivity index (χ1v) is 12.7. The summed E-state index contributed by atoms with van der Waals surface area (Å²) in [4.78, 5) is 48.8. The van der Waals surface area contributed by atoms with Crippen LogP contribution in [0.4, 0.5) is 0 Å². The zero-order chi connectivity index (χ0) is 27.4. The minimum atomic E-state index is -1.32. The van der Waals surface area contributed by atoms with E-state index in [0.717, 1.165) is 6.42 Å². The molecule has 0 aliphatic carbocycles. The number of benzene rings is 1. The monoisotopic (exact) mass is 507 g/mol. The van der Waals surface area contributed by atoms with E-state index in [0.29, 0.717) is 24.8 Å². The lowest BCUT2D eigenvalue weighted by atomic mass is 9.82. The highest BCUT2D eigenvalue weighted by molar-refractivity contribution is 5.79. The molecular weight excluding hydrogens is 466 g/mol. The van der Waals surface area contributed by atoms with Crippen LogP contribution in [0.25, 0.3) is 0 Å². The maximum Gasteiger partial charge on any atom is 0.321 e. The number of rotatable bonds is 15. The Hall–Kier alpha value is -2.94. The van der Waals surface area contributed by atoms with Crippen molar-refractivity contribution >= 4 is 23.9 Å². The standard InChI is InChI=1S/C27H41NO8/c1-7-10-11-22(29)34-15-18(6)23(24(28)25(30)31)19-12-13-20(35-26(32)16(4)8-2)21(14-19)36-27(33)17(5)9-3/h12-14,16-18,23-24H,7-11,15,28H2,1-6H3,(H,30,31)/t16?,17?,18?,23?,24-/m0/s1. The van der Waals surface area contributed by atoms with Gasteiger partial charge in [-0.1, -0.05) is 54.0 Å². The first kappa shape index (κ1) is 31.1. The third-order valence-electron chi connectivity index (χ3n) is 6.33. The third-order valence-corrected chi connectivity index (χ3v) is 6.33. The molecular formula is C27H41NO8. The second-order valence-electron chi connectivity index (χ2n) is 9.32. The van der Waals surface area contributed by atoms with Crippen LogP contribution in [0.2, 0.25) is 0 Å². The number of aliphatic carboxylic acids is 1. The van der Waals surface area contributed by atoms with Gasteiger partial charge in [-0.25, -0.2) is 0 Å². The van der Waals surface area contributed by atoms with Crippen LogP contribution in [0, 0.1) is 17.8 Å². The molecule has 0 aliphatic heterocycles. The molecule has 0 radical (unpaired) electrons. The van der Waals surface area contributed by atoms with Crippen molar-refractivity contribution in [2.24, 2.45) is 23.5 Å². The van der Waals surface area contributed by atoms with Crippen LogP contribution in [0.5, 0.6) is 11.5 Å². The normalized spacial score (nSPS) is 15.2. The number of ether oxygens (including phenoxy) is 3. The van der Waals surface area contributed by atoms with Crippen LogP contribution in [0.1, 0.15) is 85.1 Å². The molecule has 3 N–H and O–H groups in total. The fourth-order valence-corrected chi connectivity index (χ4v) is 3.41. The number of hydrogen-bond donors (Lipinski definition) is 2. The predicted octanol–water partition coefficient (Wildman–Crippen LogP) is 4.45. The van der Waals surface area contributed by atoms with E-state index in [1.807, 2.05) is 20.8 Å². The average Bonchev–Trinajstić information content (AvgIpc) is 2.86. The van der Waals surface area contributed by atoms with E-state index in [1.54, 1.807) is 26.8 Å². The van der Waals surface area contributed by atoms with E-state index in [4.69, 9.17) is 19.9 Å². The highest BCUT2D eigenvalue weighted by atomic mass is 16.6. The van der Waals surface area contributed by atoms with E-state index in [2.05, 4.69) is 0 Å². The Morgan fingerprint density at radius 1 is 0.917 bits per heavy atom. The summed E-state index contributed by atoms with van der Waals surface area (Å²) in [6.45, 7) is 10.8. The quantitative estimate of drug-likeness (QED) is 0.260. The molecule has 1 aromatic rings. The lowest BCUT2D eigenvalue weighted by Crippen LogP contribution is -2.40. The van der Waals surface area contributed by atoms with E-state index in [-0.39, 0.29) is 36.4 Å². The van der Waals surface area contributed by atoms with Crippen LogP contribution in [0.15, 0.2) is 18.2 Å². The number of hydrogen-bond acceptors (Lipinski definition) is 8. The number of carboxylic acid groups (broad SMARTS) is 1. The lowest BCUT2D eigenvalue weighted by Gasteiger charge is -2.28. The van der Waals surface area contributed by atoms with E-state index in [9.17, 15) is 24.3 Å². The minimum absolute atomic E-state index is 0.00387. The second kappa shape index (κ2) is 15.2. The first-order chi connectivity index (χ1) is 17.0. The fourth-order valence-electron chi connectivity index (χ4n) is 3.41. The fraction of sp³-hybridized carbons (Fsp3) is 0.630. The Morgan fingerprint density at radius 2 is 1.47 bits per heavy atom. The predicted molar refractivity (Wildman–Crippen MR) is 135 cm³/mol. The molecule has 9 nitrogen and oxygen atoms in total. The van der Waals surface area contributed by atoms with Gasteiger partial charge in [-0.15, -0.1) is 0 Å². The van der Waals surface area contributed by atoms with Crippen molar-refractivity contribution in [3.8, 4) is 11.5 Å². The van der Waals surface area contributed by atoms with E-state index in [1.165, 1.54) is 12.1 Å². The molecule has 1 aromatic carbocycles. The van der Waals surface area contributed by atoms with Gasteiger partial charge in [-0.3, -0.25) is 19.2 Å². The summed E-state index contributed by atoms with van der Waals surface area (Å²) in [5, 5.41) is 9.65. The Morgan fingerprint density at radius 3 is 1.97 bits per heavy atom. The van der Waals surface area contributed by atoms with Gasteiger partial charge in [-0.05, 0) is 42.9 Å². The van der Waals surface area contributed by atoms with E-state index < -0.39 is 41.7 Å². The van der Waals surface area contributed by atoms with Crippen LogP contribution in [-0.4, -0.2) is 41.6 Å². The van der Waals surface area contributed by atoms with Crippen LogP contribution in [-0.2, 0) is 23.9 Å². The Labute approximate surface area is 213 Å². The molecule has 0 saturated heterocycles. The number of esters is 3. The van der Waals surface area contributed by atoms with Gasteiger partial charge in [0.1, 0.15) is 6.04 Å². The Balaban J connectivity index is 3.37. The molecule has 4 unspecified atom stereocenters. The van der Waals surface area contributed by atoms with Crippen molar-refractivity contribution in [3.63, 3.8) is 0 Å². The van der Waals surface area contributed by atoms with Crippen molar-refractivity contribution in [3.05, 3.63) is 23.8 Å². The van der Waals surface area contributed by atoms with Gasteiger partial charge < -0.3 is 25.1 Å². The molecule has 0 aliphatic rings. The Kier molecular flexibility index (Phi) is 13.2. The number of unbranched alkanes of at least 4 members (excludes halogenated alkanes) is 1. The van der Waals surface area contributed by atoms with Gasteiger partial charge in [0.25, 0.3) is 0 Å². The second-order valence-corrected chi connectivity index (χ2v) is 9.32. The molecule has 9 heteroatoms. The van der Waals surface area contributed by atoms with Crippen molar-refractivity contribution < 1.29 is 38.5 Å². The molecule has 0 amide bonds. The molecule has 36 heavy (non-hydrogen) atoms. The SMILES string of the molecule is CCCCC(=O)OCC(C)C(c1ccc(OC(=O)C(C)CC)c(OC(=O)C(C)CC)c1)[C@H](N)C(=O)O. The topological polar surface area (TPSA) is 142 Å². The number of carbonyl (C=O) groups is 4. The Bertz CT molecular complexity index is 900. The highest BCUT2D eigenvalue weighted by Gasteiger charge is 2.33. The van der Waals surface area contributed by atoms with Crippen LogP contribution >= 0.6 is 0 Å². The van der Waals surface area contributed by atoms with Crippen LogP contribution < -0.4 is 15.2 Å². The average molecular weight is 508 g/mol. The van der Waals surface area contributed by atoms with Gasteiger partial charge in [0, 0.05) is 12.3 Å². The molecule has 0 saturated carbocycles. The molecule has 0 bridgehead atoms. The number of carboxylic acids is 1. The van der Waals surface area contributed by atoms with Gasteiger partial charge in [0.15, 0.2) is 11.5 Å². The van der Waals surface area contributed by atoms with E-state index >= 15 is 0 Å². The summed E-state index contributed by atoms with van der Waals surface area (Å²) >= 11 is 0. The third kappa shape index (κ3) is 9.26. The molecule has 202 valence electrons. The largest absolute Gasteiger partial charge is 0.480 e.